The first-order valence-corrected chi connectivity index (χ1v) is 11.3. The van der Waals surface area contributed by atoms with Gasteiger partial charge < -0.3 is 10.1 Å². The summed E-state index contributed by atoms with van der Waals surface area (Å²) in [5, 5.41) is 3.06. The van der Waals surface area contributed by atoms with Crippen molar-refractivity contribution in [3.63, 3.8) is 0 Å². The number of hydrogen-bond acceptors (Lipinski definition) is 7. The molecule has 32 heavy (non-hydrogen) atoms. The highest BCUT2D eigenvalue weighted by atomic mass is 32.2. The largest absolute Gasteiger partial charge is 0.496 e. The Hall–Kier alpha value is -3.85. The van der Waals surface area contributed by atoms with Gasteiger partial charge in [-0.25, -0.2) is 22.8 Å². The van der Waals surface area contributed by atoms with E-state index in [1.807, 2.05) is 0 Å². The molecule has 0 saturated carbocycles. The van der Waals surface area contributed by atoms with Crippen LogP contribution in [0.3, 0.4) is 0 Å². The molecule has 1 N–H and O–H groups in total. The zero-order valence-electron chi connectivity index (χ0n) is 17.1. The predicted octanol–water partition coefficient (Wildman–Crippen LogP) is 4.40. The Morgan fingerprint density at radius 1 is 0.969 bits per heavy atom. The fourth-order valence-corrected chi connectivity index (χ4v) is 4.49. The first-order chi connectivity index (χ1) is 15.4. The Balaban J connectivity index is 1.57. The lowest BCUT2D eigenvalue weighted by Gasteiger charge is -2.10. The van der Waals surface area contributed by atoms with Gasteiger partial charge in [0.15, 0.2) is 15.7 Å². The van der Waals surface area contributed by atoms with Crippen LogP contribution < -0.4 is 10.1 Å². The fourth-order valence-electron chi connectivity index (χ4n) is 3.13. The van der Waals surface area contributed by atoms with Gasteiger partial charge in [0.1, 0.15) is 17.9 Å². The summed E-state index contributed by atoms with van der Waals surface area (Å²) in [5.74, 6) is 0.295. The minimum atomic E-state index is -3.47. The van der Waals surface area contributed by atoms with E-state index in [4.69, 9.17) is 4.74 Å². The molecule has 0 spiro atoms. The number of methoxy groups -OCH3 is 1. The second-order valence-electron chi connectivity index (χ2n) is 6.87. The Bertz CT molecular complexity index is 1350. The maximum absolute atomic E-state index is 13.5. The van der Waals surface area contributed by atoms with Crippen LogP contribution >= 0.6 is 0 Å². The van der Waals surface area contributed by atoms with Crippen LogP contribution in [0.5, 0.6) is 5.75 Å². The second kappa shape index (κ2) is 9.11. The number of hydrogen-bond donors (Lipinski definition) is 1. The number of anilines is 2. The molecule has 3 aromatic carbocycles. The van der Waals surface area contributed by atoms with Gasteiger partial charge in [0.2, 0.25) is 5.95 Å². The molecule has 0 atom stereocenters. The number of nitrogens with zero attached hydrogens (tertiary/aromatic N) is 3. The molecule has 0 aliphatic rings. The number of ether oxygens (including phenoxy) is 1. The number of sulfone groups is 1. The van der Waals surface area contributed by atoms with Crippen LogP contribution in [0.15, 0.2) is 84.0 Å². The van der Waals surface area contributed by atoms with Crippen molar-refractivity contribution in [1.82, 2.24) is 15.0 Å². The molecular formula is C23H19FN4O3S. The summed E-state index contributed by atoms with van der Waals surface area (Å²) >= 11 is 0. The van der Waals surface area contributed by atoms with E-state index in [0.29, 0.717) is 28.4 Å². The van der Waals surface area contributed by atoms with Gasteiger partial charge in [-0.3, -0.25) is 0 Å². The quantitative estimate of drug-likeness (QED) is 0.446. The maximum atomic E-state index is 13.5. The van der Waals surface area contributed by atoms with E-state index in [0.717, 1.165) is 0 Å². The number of aromatic nitrogens is 3. The van der Waals surface area contributed by atoms with Crippen molar-refractivity contribution >= 4 is 21.5 Å². The third-order valence-electron chi connectivity index (χ3n) is 4.62. The standard InChI is InChI=1S/C23H19FN4O3S/c1-31-21-13-17(24)10-11-20(21)22-25-15-26-23(28-22)27-18-7-5-6-16(12-18)14-32(29,30)19-8-3-2-4-9-19/h2-13,15H,14H2,1H3,(H,25,26,27,28). The molecule has 0 bridgehead atoms. The van der Waals surface area contributed by atoms with Crippen molar-refractivity contribution < 1.29 is 17.5 Å². The van der Waals surface area contributed by atoms with Crippen LogP contribution in [0, 0.1) is 5.82 Å². The van der Waals surface area contributed by atoms with Crippen molar-refractivity contribution in [3.05, 3.63) is 90.5 Å². The summed E-state index contributed by atoms with van der Waals surface area (Å²) in [6, 6.07) is 19.4. The summed E-state index contributed by atoms with van der Waals surface area (Å²) in [6.45, 7) is 0. The third-order valence-corrected chi connectivity index (χ3v) is 6.32. The van der Waals surface area contributed by atoms with Crippen molar-refractivity contribution in [2.75, 3.05) is 12.4 Å². The normalized spacial score (nSPS) is 11.2. The molecular weight excluding hydrogens is 431 g/mol. The molecule has 7 nitrogen and oxygen atoms in total. The van der Waals surface area contributed by atoms with Gasteiger partial charge >= 0.3 is 0 Å². The highest BCUT2D eigenvalue weighted by molar-refractivity contribution is 7.90. The zero-order valence-corrected chi connectivity index (χ0v) is 17.9. The highest BCUT2D eigenvalue weighted by Crippen LogP contribution is 2.28. The Morgan fingerprint density at radius 2 is 1.78 bits per heavy atom. The zero-order chi connectivity index (χ0) is 22.6. The van der Waals surface area contributed by atoms with Crippen molar-refractivity contribution in [3.8, 4) is 17.1 Å². The molecule has 0 fully saturated rings. The summed E-state index contributed by atoms with van der Waals surface area (Å²) in [5.41, 5.74) is 1.75. The van der Waals surface area contributed by atoms with Crippen LogP contribution in [-0.2, 0) is 15.6 Å². The molecule has 0 aliphatic heterocycles. The minimum absolute atomic E-state index is 0.137. The average Bonchev–Trinajstić information content (AvgIpc) is 2.79. The van der Waals surface area contributed by atoms with Crippen LogP contribution in [0.1, 0.15) is 5.56 Å². The fraction of sp³-hybridized carbons (Fsp3) is 0.0870. The van der Waals surface area contributed by atoms with E-state index < -0.39 is 15.7 Å². The van der Waals surface area contributed by atoms with Gasteiger partial charge in [-0.05, 0) is 42.0 Å². The lowest BCUT2D eigenvalue weighted by Crippen LogP contribution is -2.05. The summed E-state index contributed by atoms with van der Waals surface area (Å²) in [6.07, 6.45) is 1.33. The third kappa shape index (κ3) is 4.89. The van der Waals surface area contributed by atoms with E-state index in [1.54, 1.807) is 54.6 Å². The number of nitrogens with one attached hydrogen (secondary N) is 1. The number of halogens is 1. The molecule has 162 valence electrons. The van der Waals surface area contributed by atoms with Crippen LogP contribution in [-0.4, -0.2) is 30.5 Å². The van der Waals surface area contributed by atoms with E-state index in [-0.39, 0.29) is 16.6 Å². The van der Waals surface area contributed by atoms with Crippen LogP contribution in [0.25, 0.3) is 11.4 Å². The van der Waals surface area contributed by atoms with E-state index in [1.165, 1.54) is 31.6 Å². The molecule has 9 heteroatoms. The lowest BCUT2D eigenvalue weighted by atomic mass is 10.2. The predicted molar refractivity (Wildman–Crippen MR) is 119 cm³/mol. The lowest BCUT2D eigenvalue weighted by molar-refractivity contribution is 0.412. The van der Waals surface area contributed by atoms with Gasteiger partial charge in [0.25, 0.3) is 0 Å². The maximum Gasteiger partial charge on any atom is 0.230 e. The van der Waals surface area contributed by atoms with Gasteiger partial charge in [-0.1, -0.05) is 30.3 Å². The van der Waals surface area contributed by atoms with Gasteiger partial charge in [0, 0.05) is 11.8 Å². The monoisotopic (exact) mass is 450 g/mol. The van der Waals surface area contributed by atoms with Gasteiger partial charge in [0.05, 0.1) is 23.3 Å². The van der Waals surface area contributed by atoms with Crippen molar-refractivity contribution in [2.45, 2.75) is 10.6 Å². The first kappa shape index (κ1) is 21.4. The van der Waals surface area contributed by atoms with E-state index in [9.17, 15) is 12.8 Å². The minimum Gasteiger partial charge on any atom is -0.496 e. The average molecular weight is 450 g/mol. The van der Waals surface area contributed by atoms with Crippen molar-refractivity contribution in [1.29, 1.82) is 0 Å². The molecule has 0 aliphatic carbocycles. The summed E-state index contributed by atoms with van der Waals surface area (Å²) in [4.78, 5) is 12.9. The molecule has 1 heterocycles. The Labute approximate surface area is 184 Å². The Kier molecular flexibility index (Phi) is 6.09. The molecule has 0 amide bonds. The van der Waals surface area contributed by atoms with E-state index >= 15 is 0 Å². The topological polar surface area (TPSA) is 94.1 Å². The molecule has 4 aromatic rings. The second-order valence-corrected chi connectivity index (χ2v) is 8.86. The Morgan fingerprint density at radius 3 is 2.56 bits per heavy atom. The van der Waals surface area contributed by atoms with Gasteiger partial charge in [-0.2, -0.15) is 4.98 Å². The first-order valence-electron chi connectivity index (χ1n) is 9.61. The van der Waals surface area contributed by atoms with Crippen LogP contribution in [0.4, 0.5) is 16.0 Å². The van der Waals surface area contributed by atoms with Crippen molar-refractivity contribution in [2.24, 2.45) is 0 Å². The molecule has 4 rings (SSSR count). The van der Waals surface area contributed by atoms with Crippen LogP contribution in [0.2, 0.25) is 0 Å². The number of benzene rings is 3. The molecule has 0 saturated heterocycles. The number of rotatable bonds is 7. The molecule has 1 aromatic heterocycles. The summed E-state index contributed by atoms with van der Waals surface area (Å²) < 4.78 is 44.0. The smallest absolute Gasteiger partial charge is 0.230 e. The SMILES string of the molecule is COc1cc(F)ccc1-c1ncnc(Nc2cccc(CS(=O)(=O)c3ccccc3)c2)n1. The van der Waals surface area contributed by atoms with Gasteiger partial charge in [-0.15, -0.1) is 0 Å². The van der Waals surface area contributed by atoms with E-state index in [2.05, 4.69) is 20.3 Å². The summed E-state index contributed by atoms with van der Waals surface area (Å²) in [7, 11) is -2.03. The highest BCUT2D eigenvalue weighted by Gasteiger charge is 2.15. The molecule has 0 radical (unpaired) electrons. The molecule has 0 unspecified atom stereocenters.